The van der Waals surface area contributed by atoms with Gasteiger partial charge in [0.05, 0.1) is 17.2 Å². The number of benzene rings is 1. The number of carbonyl (C=O) groups is 1. The zero-order valence-electron chi connectivity index (χ0n) is 14.6. The van der Waals surface area contributed by atoms with Crippen molar-refractivity contribution in [2.75, 3.05) is 20.1 Å². The molecule has 2 saturated heterocycles. The van der Waals surface area contributed by atoms with E-state index in [1.54, 1.807) is 4.57 Å². The molecule has 0 N–H and O–H groups in total. The van der Waals surface area contributed by atoms with Crippen LogP contribution in [-0.2, 0) is 11.3 Å². The number of fused-ring (bicyclic) bond motifs is 1. The molecule has 1 amide bonds. The SMILES string of the molecule is CN1CCC[C@H]1[C@H]1CCCN1C(=O)Cn1c(=O)cnc2ccccc21. The Morgan fingerprint density at radius 3 is 2.72 bits per heavy atom. The van der Waals surface area contributed by atoms with Crippen LogP contribution in [0.2, 0.25) is 0 Å². The van der Waals surface area contributed by atoms with Gasteiger partial charge in [0.15, 0.2) is 0 Å². The number of nitrogens with zero attached hydrogens (tertiary/aromatic N) is 4. The Hall–Kier alpha value is -2.21. The van der Waals surface area contributed by atoms with Gasteiger partial charge in [0, 0.05) is 18.6 Å². The molecule has 3 heterocycles. The van der Waals surface area contributed by atoms with Crippen molar-refractivity contribution < 1.29 is 4.79 Å². The molecule has 2 aromatic rings. The van der Waals surface area contributed by atoms with Crippen molar-refractivity contribution in [1.82, 2.24) is 19.4 Å². The normalized spacial score (nSPS) is 24.3. The highest BCUT2D eigenvalue weighted by Crippen LogP contribution is 2.29. The molecule has 6 heteroatoms. The minimum absolute atomic E-state index is 0.0428. The van der Waals surface area contributed by atoms with Crippen LogP contribution in [0.3, 0.4) is 0 Å². The predicted octanol–water partition coefficient (Wildman–Crippen LogP) is 1.48. The van der Waals surface area contributed by atoms with E-state index in [0.29, 0.717) is 6.04 Å². The smallest absolute Gasteiger partial charge is 0.269 e. The molecule has 2 atom stereocenters. The van der Waals surface area contributed by atoms with Crippen LogP contribution in [0.1, 0.15) is 25.7 Å². The molecule has 0 saturated carbocycles. The first-order chi connectivity index (χ1) is 12.1. The van der Waals surface area contributed by atoms with Crippen LogP contribution >= 0.6 is 0 Å². The highest BCUT2D eigenvalue weighted by molar-refractivity contribution is 5.80. The largest absolute Gasteiger partial charge is 0.337 e. The molecule has 1 aromatic heterocycles. The molecule has 0 spiro atoms. The zero-order valence-corrected chi connectivity index (χ0v) is 14.6. The van der Waals surface area contributed by atoms with Gasteiger partial charge in [-0.25, -0.2) is 4.98 Å². The van der Waals surface area contributed by atoms with E-state index in [0.717, 1.165) is 43.4 Å². The second-order valence-corrected chi connectivity index (χ2v) is 7.16. The number of aromatic nitrogens is 2. The fourth-order valence-electron chi connectivity index (χ4n) is 4.43. The molecule has 4 rings (SSSR count). The number of amides is 1. The van der Waals surface area contributed by atoms with E-state index in [1.807, 2.05) is 29.2 Å². The fourth-order valence-corrected chi connectivity index (χ4v) is 4.43. The first-order valence-corrected chi connectivity index (χ1v) is 9.09. The van der Waals surface area contributed by atoms with Crippen LogP contribution in [-0.4, -0.2) is 57.5 Å². The Kier molecular flexibility index (Phi) is 4.29. The van der Waals surface area contributed by atoms with Crippen molar-refractivity contribution in [3.05, 3.63) is 40.8 Å². The van der Waals surface area contributed by atoms with Gasteiger partial charge in [-0.05, 0) is 51.4 Å². The summed E-state index contributed by atoms with van der Waals surface area (Å²) >= 11 is 0. The molecule has 1 aromatic carbocycles. The predicted molar refractivity (Wildman–Crippen MR) is 96.4 cm³/mol. The van der Waals surface area contributed by atoms with Crippen LogP contribution in [0, 0.1) is 0 Å². The molecule has 132 valence electrons. The van der Waals surface area contributed by atoms with Crippen molar-refractivity contribution in [1.29, 1.82) is 0 Å². The topological polar surface area (TPSA) is 58.4 Å². The standard InChI is InChI=1S/C19H24N4O2/c1-21-10-4-8-16(21)17-9-5-11-22(17)19(25)13-23-15-7-3-2-6-14(15)20-12-18(23)24/h2-3,6-7,12,16-17H,4-5,8-11,13H2,1H3/t16-,17+/m0/s1. The van der Waals surface area contributed by atoms with Gasteiger partial charge in [-0.15, -0.1) is 0 Å². The van der Waals surface area contributed by atoms with E-state index < -0.39 is 0 Å². The van der Waals surface area contributed by atoms with Crippen LogP contribution in [0.4, 0.5) is 0 Å². The molecule has 2 aliphatic rings. The molecule has 25 heavy (non-hydrogen) atoms. The number of hydrogen-bond donors (Lipinski definition) is 0. The summed E-state index contributed by atoms with van der Waals surface area (Å²) in [4.78, 5) is 33.9. The molecule has 2 aliphatic heterocycles. The van der Waals surface area contributed by atoms with Gasteiger partial charge in [0.25, 0.3) is 5.56 Å². The first-order valence-electron chi connectivity index (χ1n) is 9.09. The Morgan fingerprint density at radius 1 is 1.16 bits per heavy atom. The highest BCUT2D eigenvalue weighted by Gasteiger charge is 2.38. The van der Waals surface area contributed by atoms with E-state index in [-0.39, 0.29) is 24.1 Å². The third kappa shape index (κ3) is 2.95. The van der Waals surface area contributed by atoms with Crippen molar-refractivity contribution in [2.45, 2.75) is 44.3 Å². The molecule has 0 unspecified atom stereocenters. The molecule has 0 aliphatic carbocycles. The minimum atomic E-state index is -0.221. The van der Waals surface area contributed by atoms with Crippen molar-refractivity contribution in [2.24, 2.45) is 0 Å². The van der Waals surface area contributed by atoms with Gasteiger partial charge >= 0.3 is 0 Å². The Balaban J connectivity index is 1.60. The number of carbonyl (C=O) groups excluding carboxylic acids is 1. The molecule has 0 radical (unpaired) electrons. The maximum absolute atomic E-state index is 13.0. The molecular weight excluding hydrogens is 316 g/mol. The average molecular weight is 340 g/mol. The molecule has 0 bridgehead atoms. The number of likely N-dealkylation sites (tertiary alicyclic amines) is 2. The van der Waals surface area contributed by atoms with Crippen LogP contribution in [0.5, 0.6) is 0 Å². The summed E-state index contributed by atoms with van der Waals surface area (Å²) in [5.74, 6) is 0.0428. The van der Waals surface area contributed by atoms with E-state index in [1.165, 1.54) is 12.6 Å². The summed E-state index contributed by atoms with van der Waals surface area (Å²) in [6, 6.07) is 8.21. The fraction of sp³-hybridized carbons (Fsp3) is 0.526. The third-order valence-corrected chi connectivity index (χ3v) is 5.69. The average Bonchev–Trinajstić information content (AvgIpc) is 3.25. The van der Waals surface area contributed by atoms with Gasteiger partial charge in [0.1, 0.15) is 6.54 Å². The van der Waals surface area contributed by atoms with Gasteiger partial charge in [-0.1, -0.05) is 12.1 Å². The summed E-state index contributed by atoms with van der Waals surface area (Å²) in [6.45, 7) is 2.00. The number of para-hydroxylation sites is 2. The molecular formula is C19H24N4O2. The van der Waals surface area contributed by atoms with Crippen molar-refractivity contribution in [3.8, 4) is 0 Å². The monoisotopic (exact) mass is 340 g/mol. The van der Waals surface area contributed by atoms with Crippen LogP contribution < -0.4 is 5.56 Å². The second kappa shape index (κ2) is 6.59. The molecule has 2 fully saturated rings. The summed E-state index contributed by atoms with van der Waals surface area (Å²) in [5.41, 5.74) is 1.24. The lowest BCUT2D eigenvalue weighted by molar-refractivity contribution is -0.133. The Labute approximate surface area is 147 Å². The Morgan fingerprint density at radius 2 is 1.92 bits per heavy atom. The summed E-state index contributed by atoms with van der Waals surface area (Å²) in [7, 11) is 2.15. The summed E-state index contributed by atoms with van der Waals surface area (Å²) in [5, 5.41) is 0. The zero-order chi connectivity index (χ0) is 17.4. The van der Waals surface area contributed by atoms with Crippen LogP contribution in [0.25, 0.3) is 11.0 Å². The van der Waals surface area contributed by atoms with E-state index in [4.69, 9.17) is 0 Å². The molecule has 6 nitrogen and oxygen atoms in total. The Bertz CT molecular complexity index is 847. The summed E-state index contributed by atoms with van der Waals surface area (Å²) < 4.78 is 1.55. The third-order valence-electron chi connectivity index (χ3n) is 5.69. The summed E-state index contributed by atoms with van der Waals surface area (Å²) in [6.07, 6.45) is 5.78. The van der Waals surface area contributed by atoms with Crippen LogP contribution in [0.15, 0.2) is 35.3 Å². The van der Waals surface area contributed by atoms with Gasteiger partial charge in [-0.2, -0.15) is 0 Å². The highest BCUT2D eigenvalue weighted by atomic mass is 16.2. The maximum Gasteiger partial charge on any atom is 0.269 e. The van der Waals surface area contributed by atoms with Crippen molar-refractivity contribution >= 4 is 16.9 Å². The number of likely N-dealkylation sites (N-methyl/N-ethyl adjacent to an activating group) is 1. The minimum Gasteiger partial charge on any atom is -0.337 e. The van der Waals surface area contributed by atoms with E-state index >= 15 is 0 Å². The number of hydrogen-bond acceptors (Lipinski definition) is 4. The first kappa shape index (κ1) is 16.3. The van der Waals surface area contributed by atoms with E-state index in [9.17, 15) is 9.59 Å². The maximum atomic E-state index is 13.0. The van der Waals surface area contributed by atoms with Gasteiger partial charge in [0.2, 0.25) is 5.91 Å². The number of rotatable bonds is 3. The lowest BCUT2D eigenvalue weighted by Gasteiger charge is -2.33. The van der Waals surface area contributed by atoms with Crippen molar-refractivity contribution in [3.63, 3.8) is 0 Å². The lowest BCUT2D eigenvalue weighted by atomic mass is 10.0. The van der Waals surface area contributed by atoms with E-state index in [2.05, 4.69) is 16.9 Å². The van der Waals surface area contributed by atoms with Gasteiger partial charge < -0.3 is 9.80 Å². The quantitative estimate of drug-likeness (QED) is 0.849. The van der Waals surface area contributed by atoms with Gasteiger partial charge in [-0.3, -0.25) is 14.2 Å². The lowest BCUT2D eigenvalue weighted by Crippen LogP contribution is -2.48. The second-order valence-electron chi connectivity index (χ2n) is 7.16.